The van der Waals surface area contributed by atoms with Gasteiger partial charge in [0.05, 0.1) is 19.0 Å². The zero-order valence-corrected chi connectivity index (χ0v) is 19.9. The molecule has 2 heterocycles. The highest BCUT2D eigenvalue weighted by molar-refractivity contribution is 5.60. The first-order chi connectivity index (χ1) is 16.4. The van der Waals surface area contributed by atoms with Crippen molar-refractivity contribution < 1.29 is 9.64 Å². The van der Waals surface area contributed by atoms with E-state index < -0.39 is 0 Å². The number of fused-ring (bicyclic) bond motifs is 1. The summed E-state index contributed by atoms with van der Waals surface area (Å²) < 4.78 is 7.43. The average molecular weight is 441 g/mol. The largest absolute Gasteiger partial charge is 0.440 e. The molecular weight excluding hydrogens is 402 g/mol. The van der Waals surface area contributed by atoms with Gasteiger partial charge in [-0.25, -0.2) is 0 Å². The van der Waals surface area contributed by atoms with Crippen LogP contribution in [0.3, 0.4) is 0 Å². The van der Waals surface area contributed by atoms with E-state index in [1.807, 2.05) is 0 Å². The number of allylic oxidation sites excluding steroid dienone is 2. The van der Waals surface area contributed by atoms with Gasteiger partial charge in [-0.2, -0.15) is 0 Å². The van der Waals surface area contributed by atoms with Crippen LogP contribution in [0.5, 0.6) is 0 Å². The van der Waals surface area contributed by atoms with Crippen molar-refractivity contribution in [3.05, 3.63) is 88.7 Å². The van der Waals surface area contributed by atoms with Gasteiger partial charge in [-0.1, -0.05) is 67.1 Å². The number of nitrogens with one attached hydrogen (secondary N) is 1. The Labute approximate surface area is 199 Å². The summed E-state index contributed by atoms with van der Waals surface area (Å²) in [6.45, 7) is 2.55. The summed E-state index contributed by atoms with van der Waals surface area (Å²) in [7, 11) is 0. The van der Waals surface area contributed by atoms with Crippen LogP contribution in [-0.2, 0) is 4.74 Å². The van der Waals surface area contributed by atoms with Crippen LogP contribution in [0.25, 0.3) is 6.08 Å². The van der Waals surface area contributed by atoms with Gasteiger partial charge in [0.1, 0.15) is 5.76 Å². The van der Waals surface area contributed by atoms with E-state index >= 15 is 0 Å². The van der Waals surface area contributed by atoms with E-state index in [-0.39, 0.29) is 5.72 Å². The minimum atomic E-state index is -0.0505. The Kier molecular flexibility index (Phi) is 5.88. The fourth-order valence-corrected chi connectivity index (χ4v) is 7.38. The molecule has 2 aliphatic carbocycles. The Bertz CT molecular complexity index is 1020. The number of hydrogen-bond donors (Lipinski definition) is 1. The molecule has 2 aromatic rings. The zero-order valence-electron chi connectivity index (χ0n) is 19.9. The first kappa shape index (κ1) is 21.2. The van der Waals surface area contributed by atoms with Crippen LogP contribution < -0.4 is 4.90 Å². The first-order valence-corrected chi connectivity index (χ1v) is 13.4. The maximum atomic E-state index is 7.43. The van der Waals surface area contributed by atoms with Gasteiger partial charge in [-0.15, -0.1) is 0 Å². The maximum Gasteiger partial charge on any atom is 0.245 e. The Morgan fingerprint density at radius 1 is 0.788 bits per heavy atom. The molecule has 3 atom stereocenters. The van der Waals surface area contributed by atoms with Gasteiger partial charge in [-0.3, -0.25) is 4.90 Å². The Hall–Kier alpha value is -2.32. The van der Waals surface area contributed by atoms with Crippen molar-refractivity contribution in [1.82, 2.24) is 0 Å². The summed E-state index contributed by atoms with van der Waals surface area (Å²) in [6.07, 6.45) is 15.2. The summed E-state index contributed by atoms with van der Waals surface area (Å²) >= 11 is 0. The lowest BCUT2D eigenvalue weighted by Gasteiger charge is -2.55. The fraction of sp³-hybridized carbons (Fsp3) is 0.484. The van der Waals surface area contributed by atoms with Crippen LogP contribution in [0.4, 0.5) is 0 Å². The lowest BCUT2D eigenvalue weighted by atomic mass is 9.64. The fourth-order valence-electron chi connectivity index (χ4n) is 7.38. The van der Waals surface area contributed by atoms with E-state index in [4.69, 9.17) is 4.74 Å². The summed E-state index contributed by atoms with van der Waals surface area (Å²) in [6, 6.07) is 22.3. The summed E-state index contributed by atoms with van der Waals surface area (Å²) in [4.78, 5) is 1.75. The second kappa shape index (κ2) is 9.14. The lowest BCUT2D eigenvalue weighted by molar-refractivity contribution is -0.989. The molecule has 33 heavy (non-hydrogen) atoms. The second-order valence-electron chi connectivity index (χ2n) is 10.7. The van der Waals surface area contributed by atoms with Gasteiger partial charge >= 0.3 is 0 Å². The molecule has 6 rings (SSSR count). The van der Waals surface area contributed by atoms with Crippen molar-refractivity contribution >= 4 is 6.08 Å². The molecule has 1 N–H and O–H groups in total. The number of likely N-dealkylation sites (tertiary alicyclic amines) is 1. The van der Waals surface area contributed by atoms with Gasteiger partial charge in [0.2, 0.25) is 5.72 Å². The summed E-state index contributed by atoms with van der Waals surface area (Å²) in [5.41, 5.74) is 5.79. The van der Waals surface area contributed by atoms with Gasteiger partial charge < -0.3 is 4.74 Å². The van der Waals surface area contributed by atoms with E-state index in [2.05, 4.69) is 66.7 Å². The lowest BCUT2D eigenvalue weighted by Crippen LogP contribution is -3.22. The molecule has 2 aromatic carbocycles. The number of piperidine rings is 1. The molecule has 2 fully saturated rings. The van der Waals surface area contributed by atoms with Crippen LogP contribution in [0.15, 0.2) is 77.6 Å². The molecule has 0 radical (unpaired) electrons. The van der Waals surface area contributed by atoms with Crippen molar-refractivity contribution in [2.24, 2.45) is 5.92 Å². The third kappa shape index (κ3) is 3.87. The zero-order chi connectivity index (χ0) is 22.1. The highest BCUT2D eigenvalue weighted by atomic mass is 16.5. The predicted molar refractivity (Wildman–Crippen MR) is 135 cm³/mol. The van der Waals surface area contributed by atoms with Crippen molar-refractivity contribution in [3.8, 4) is 0 Å². The highest BCUT2D eigenvalue weighted by Crippen LogP contribution is 2.54. The molecule has 1 saturated heterocycles. The Morgan fingerprint density at radius 2 is 1.55 bits per heavy atom. The molecule has 0 bridgehead atoms. The number of benzene rings is 2. The van der Waals surface area contributed by atoms with Crippen molar-refractivity contribution in [2.45, 2.75) is 75.9 Å². The van der Waals surface area contributed by atoms with Gasteiger partial charge in [-0.05, 0) is 79.7 Å². The summed E-state index contributed by atoms with van der Waals surface area (Å²) in [5, 5.41) is 0. The highest BCUT2D eigenvalue weighted by Gasteiger charge is 2.59. The van der Waals surface area contributed by atoms with Crippen molar-refractivity contribution in [2.75, 3.05) is 13.1 Å². The molecule has 0 aromatic heterocycles. The van der Waals surface area contributed by atoms with E-state index in [1.54, 1.807) is 10.5 Å². The quantitative estimate of drug-likeness (QED) is 0.593. The molecule has 2 nitrogen and oxygen atoms in total. The van der Waals surface area contributed by atoms with Crippen LogP contribution >= 0.6 is 0 Å². The van der Waals surface area contributed by atoms with Gasteiger partial charge in [0.15, 0.2) is 0 Å². The number of ether oxygens (including phenoxy) is 1. The average Bonchev–Trinajstić information content (AvgIpc) is 2.89. The molecule has 2 aliphatic heterocycles. The molecule has 0 spiro atoms. The predicted octanol–water partition coefficient (Wildman–Crippen LogP) is 6.28. The SMILES string of the molecule is C(=C1/CCCC2=C1O[C@@]1([NH+]3CCCCC3)CCCC[C@@H]1[C@H]2c1ccccc1)/c1ccccc1. The summed E-state index contributed by atoms with van der Waals surface area (Å²) in [5.74, 6) is 2.37. The normalized spacial score (nSPS) is 31.6. The third-order valence-corrected chi connectivity index (χ3v) is 8.80. The monoisotopic (exact) mass is 440 g/mol. The van der Waals surface area contributed by atoms with E-state index in [1.165, 1.54) is 93.3 Å². The van der Waals surface area contributed by atoms with E-state index in [9.17, 15) is 0 Å². The molecule has 4 aliphatic rings. The maximum absolute atomic E-state index is 7.43. The minimum absolute atomic E-state index is 0.0505. The van der Waals surface area contributed by atoms with Crippen molar-refractivity contribution in [1.29, 1.82) is 0 Å². The van der Waals surface area contributed by atoms with Crippen molar-refractivity contribution in [3.63, 3.8) is 0 Å². The Morgan fingerprint density at radius 3 is 2.33 bits per heavy atom. The van der Waals surface area contributed by atoms with E-state index in [0.29, 0.717) is 11.8 Å². The van der Waals surface area contributed by atoms with Crippen LogP contribution in [0.1, 0.15) is 81.3 Å². The van der Waals surface area contributed by atoms with Gasteiger partial charge in [0.25, 0.3) is 0 Å². The first-order valence-electron chi connectivity index (χ1n) is 13.4. The van der Waals surface area contributed by atoms with Crippen LogP contribution in [-0.4, -0.2) is 18.8 Å². The molecule has 2 heteroatoms. The minimum Gasteiger partial charge on any atom is -0.440 e. The smallest absolute Gasteiger partial charge is 0.245 e. The molecule has 0 unspecified atom stereocenters. The van der Waals surface area contributed by atoms with Crippen LogP contribution in [0, 0.1) is 5.92 Å². The molecular formula is C31H38NO+. The number of rotatable bonds is 3. The third-order valence-electron chi connectivity index (χ3n) is 8.80. The topological polar surface area (TPSA) is 13.7 Å². The standard InChI is InChI=1S/C31H37NO/c1-4-13-24(14-5-1)23-26-17-12-18-27-29(25-15-6-2-7-16-25)28-19-8-9-20-31(28,33-30(26)27)32-21-10-3-11-22-32/h1-2,4-7,13-16,23,28-29H,3,8-12,17-22H2/p+1/b26-23+/t28-,29+,31+/m1/s1. The molecule has 1 saturated carbocycles. The Balaban J connectivity index is 1.51. The van der Waals surface area contributed by atoms with Gasteiger partial charge in [0, 0.05) is 12.3 Å². The number of hydrogen-bond acceptors (Lipinski definition) is 1. The molecule has 0 amide bonds. The molecule has 172 valence electrons. The number of quaternary nitrogens is 1. The second-order valence-corrected chi connectivity index (χ2v) is 10.7. The van der Waals surface area contributed by atoms with E-state index in [0.717, 1.165) is 6.42 Å². The van der Waals surface area contributed by atoms with Crippen LogP contribution in [0.2, 0.25) is 0 Å².